The summed E-state index contributed by atoms with van der Waals surface area (Å²) in [6, 6.07) is 5.51. The van der Waals surface area contributed by atoms with E-state index in [4.69, 9.17) is 0 Å². The quantitative estimate of drug-likeness (QED) is 0.640. The minimum Gasteiger partial charge on any atom is -0.353 e. The molecule has 0 atom stereocenters. The van der Waals surface area contributed by atoms with Gasteiger partial charge in [0.05, 0.1) is 5.39 Å². The molecular formula is C19H22N6O2S2. The Bertz CT molecular complexity index is 1100. The zero-order valence-electron chi connectivity index (χ0n) is 15.9. The molecule has 1 saturated heterocycles. The Labute approximate surface area is 173 Å². The van der Waals surface area contributed by atoms with Gasteiger partial charge in [0, 0.05) is 38.9 Å². The van der Waals surface area contributed by atoms with Crippen molar-refractivity contribution in [3.05, 3.63) is 36.1 Å². The summed E-state index contributed by atoms with van der Waals surface area (Å²) in [5, 5.41) is 3.13. The monoisotopic (exact) mass is 430 g/mol. The summed E-state index contributed by atoms with van der Waals surface area (Å²) in [4.78, 5) is 18.9. The Balaban J connectivity index is 1.24. The van der Waals surface area contributed by atoms with Crippen molar-refractivity contribution in [1.82, 2.24) is 19.7 Å². The maximum atomic E-state index is 12.4. The van der Waals surface area contributed by atoms with Gasteiger partial charge in [0.1, 0.15) is 27.7 Å². The maximum absolute atomic E-state index is 12.4. The van der Waals surface area contributed by atoms with Crippen LogP contribution in [0.15, 0.2) is 41.0 Å². The van der Waals surface area contributed by atoms with E-state index in [-0.39, 0.29) is 4.90 Å². The van der Waals surface area contributed by atoms with Gasteiger partial charge >= 0.3 is 0 Å². The average Bonchev–Trinajstić information content (AvgIpc) is 3.47. The Kier molecular flexibility index (Phi) is 4.84. The molecule has 3 aromatic rings. The van der Waals surface area contributed by atoms with Gasteiger partial charge in [-0.05, 0) is 42.3 Å². The van der Waals surface area contributed by atoms with Gasteiger partial charge in [0.25, 0.3) is 0 Å². The highest BCUT2D eigenvalue weighted by Gasteiger charge is 2.25. The summed E-state index contributed by atoms with van der Waals surface area (Å²) in [5.41, 5.74) is 0. The third kappa shape index (κ3) is 3.92. The van der Waals surface area contributed by atoms with E-state index in [2.05, 4.69) is 35.5 Å². The van der Waals surface area contributed by atoms with Crippen LogP contribution in [0.2, 0.25) is 0 Å². The van der Waals surface area contributed by atoms with Gasteiger partial charge in [0.15, 0.2) is 0 Å². The van der Waals surface area contributed by atoms with E-state index >= 15 is 0 Å². The smallest absolute Gasteiger partial charge is 0.242 e. The molecule has 1 aliphatic carbocycles. The summed E-state index contributed by atoms with van der Waals surface area (Å²) in [7, 11) is -3.48. The standard InChI is InChI=1S/C19H22N6O2S2/c26-29(27,23-11-14-1-2-14)15-3-4-17(20-12-15)24-6-8-25(9-7-24)18-16-5-10-28-19(16)22-13-21-18/h3-5,10,12-14,23H,1-2,6-9,11H2. The summed E-state index contributed by atoms with van der Waals surface area (Å²) in [5.74, 6) is 2.28. The van der Waals surface area contributed by atoms with Crippen LogP contribution < -0.4 is 14.5 Å². The van der Waals surface area contributed by atoms with Crippen LogP contribution in [0.3, 0.4) is 0 Å². The molecule has 3 aromatic heterocycles. The van der Waals surface area contributed by atoms with E-state index in [0.29, 0.717) is 12.5 Å². The molecule has 8 nitrogen and oxygen atoms in total. The largest absolute Gasteiger partial charge is 0.353 e. The van der Waals surface area contributed by atoms with E-state index in [1.165, 1.54) is 6.20 Å². The van der Waals surface area contributed by atoms with E-state index in [9.17, 15) is 8.42 Å². The molecule has 4 heterocycles. The highest BCUT2D eigenvalue weighted by molar-refractivity contribution is 7.89. The van der Waals surface area contributed by atoms with Gasteiger partial charge in [-0.15, -0.1) is 11.3 Å². The van der Waals surface area contributed by atoms with Crippen LogP contribution in [0.25, 0.3) is 10.2 Å². The number of aromatic nitrogens is 3. The lowest BCUT2D eigenvalue weighted by molar-refractivity contribution is 0.577. The SMILES string of the molecule is O=S(=O)(NCC1CC1)c1ccc(N2CCN(c3ncnc4sccc34)CC2)nc1. The fraction of sp³-hybridized carbons (Fsp3) is 0.421. The Morgan fingerprint density at radius 1 is 1.03 bits per heavy atom. The van der Waals surface area contributed by atoms with Gasteiger partial charge in [0.2, 0.25) is 10.0 Å². The molecular weight excluding hydrogens is 408 g/mol. The predicted octanol–water partition coefficient (Wildman–Crippen LogP) is 2.10. The summed E-state index contributed by atoms with van der Waals surface area (Å²) in [6.07, 6.45) is 5.30. The van der Waals surface area contributed by atoms with Crippen molar-refractivity contribution in [1.29, 1.82) is 0 Å². The average molecular weight is 431 g/mol. The number of fused-ring (bicyclic) bond motifs is 1. The zero-order chi connectivity index (χ0) is 19.8. The third-order valence-corrected chi connectivity index (χ3v) is 7.66. The van der Waals surface area contributed by atoms with Crippen molar-refractivity contribution >= 4 is 43.2 Å². The lowest BCUT2D eigenvalue weighted by Crippen LogP contribution is -2.47. The molecule has 1 aliphatic heterocycles. The third-order valence-electron chi connectivity index (χ3n) is 5.43. The maximum Gasteiger partial charge on any atom is 0.242 e. The molecule has 5 rings (SSSR count). The normalized spacial score (nSPS) is 17.8. The van der Waals surface area contributed by atoms with Crippen LogP contribution in [0.1, 0.15) is 12.8 Å². The first-order valence-electron chi connectivity index (χ1n) is 9.74. The number of pyridine rings is 1. The fourth-order valence-electron chi connectivity index (χ4n) is 3.53. The van der Waals surface area contributed by atoms with Crippen molar-refractivity contribution in [2.45, 2.75) is 17.7 Å². The number of rotatable bonds is 6. The number of nitrogens with zero attached hydrogens (tertiary/aromatic N) is 5. The molecule has 1 saturated carbocycles. The van der Waals surface area contributed by atoms with Crippen LogP contribution in [-0.4, -0.2) is 56.1 Å². The van der Waals surface area contributed by atoms with E-state index in [1.807, 2.05) is 5.38 Å². The molecule has 2 fully saturated rings. The van der Waals surface area contributed by atoms with Crippen molar-refractivity contribution in [2.24, 2.45) is 5.92 Å². The molecule has 29 heavy (non-hydrogen) atoms. The molecule has 0 amide bonds. The predicted molar refractivity (Wildman–Crippen MR) is 114 cm³/mol. The number of anilines is 2. The van der Waals surface area contributed by atoms with Crippen LogP contribution in [0, 0.1) is 5.92 Å². The lowest BCUT2D eigenvalue weighted by Gasteiger charge is -2.36. The van der Waals surface area contributed by atoms with Gasteiger partial charge in [-0.2, -0.15) is 0 Å². The Hall–Kier alpha value is -2.30. The first-order chi connectivity index (χ1) is 14.1. The van der Waals surface area contributed by atoms with Crippen LogP contribution in [0.5, 0.6) is 0 Å². The minimum atomic E-state index is -3.48. The fourth-order valence-corrected chi connectivity index (χ4v) is 5.32. The molecule has 1 N–H and O–H groups in total. The molecule has 0 radical (unpaired) electrons. The van der Waals surface area contributed by atoms with Gasteiger partial charge in [-0.25, -0.2) is 28.1 Å². The van der Waals surface area contributed by atoms with Crippen molar-refractivity contribution in [2.75, 3.05) is 42.5 Å². The molecule has 0 aromatic carbocycles. The molecule has 0 spiro atoms. The molecule has 2 aliphatic rings. The van der Waals surface area contributed by atoms with Crippen molar-refractivity contribution < 1.29 is 8.42 Å². The molecule has 0 bridgehead atoms. The van der Waals surface area contributed by atoms with Crippen LogP contribution in [0.4, 0.5) is 11.6 Å². The molecule has 152 valence electrons. The highest BCUT2D eigenvalue weighted by Crippen LogP contribution is 2.29. The van der Waals surface area contributed by atoms with Crippen LogP contribution >= 0.6 is 11.3 Å². The van der Waals surface area contributed by atoms with E-state index < -0.39 is 10.0 Å². The second kappa shape index (κ2) is 7.51. The first-order valence-corrected chi connectivity index (χ1v) is 12.1. The Morgan fingerprint density at radius 2 is 1.83 bits per heavy atom. The number of nitrogens with one attached hydrogen (secondary N) is 1. The topological polar surface area (TPSA) is 91.3 Å². The molecule has 10 heteroatoms. The number of hydrogen-bond donors (Lipinski definition) is 1. The number of thiophene rings is 1. The van der Waals surface area contributed by atoms with Gasteiger partial charge in [-0.1, -0.05) is 0 Å². The number of piperazine rings is 1. The van der Waals surface area contributed by atoms with Crippen molar-refractivity contribution in [3.8, 4) is 0 Å². The van der Waals surface area contributed by atoms with E-state index in [1.54, 1.807) is 29.8 Å². The van der Waals surface area contributed by atoms with E-state index in [0.717, 1.165) is 60.9 Å². The summed E-state index contributed by atoms with van der Waals surface area (Å²) >= 11 is 1.62. The van der Waals surface area contributed by atoms with Gasteiger partial charge in [-0.3, -0.25) is 0 Å². The highest BCUT2D eigenvalue weighted by atomic mass is 32.2. The minimum absolute atomic E-state index is 0.223. The Morgan fingerprint density at radius 3 is 2.55 bits per heavy atom. The van der Waals surface area contributed by atoms with Crippen molar-refractivity contribution in [3.63, 3.8) is 0 Å². The number of hydrogen-bond acceptors (Lipinski definition) is 8. The lowest BCUT2D eigenvalue weighted by atomic mass is 10.2. The number of sulfonamides is 1. The van der Waals surface area contributed by atoms with Crippen LogP contribution in [-0.2, 0) is 10.0 Å². The summed E-state index contributed by atoms with van der Waals surface area (Å²) < 4.78 is 27.4. The van der Waals surface area contributed by atoms with Gasteiger partial charge < -0.3 is 9.80 Å². The second-order valence-corrected chi connectivity index (χ2v) is 10.1. The first kappa shape index (κ1) is 18.7. The summed E-state index contributed by atoms with van der Waals surface area (Å²) in [6.45, 7) is 3.77. The zero-order valence-corrected chi connectivity index (χ0v) is 17.5. The molecule has 0 unspecified atom stereocenters. The second-order valence-electron chi connectivity index (χ2n) is 7.46.